The topological polar surface area (TPSA) is 48.1 Å². The fraction of sp³-hybridized carbons (Fsp3) is 0.143. The third-order valence-corrected chi connectivity index (χ3v) is 3.49. The van der Waals surface area contributed by atoms with Gasteiger partial charge in [-0.3, -0.25) is 0 Å². The minimum atomic E-state index is 0.317. The third-order valence-electron chi connectivity index (χ3n) is 2.65. The van der Waals surface area contributed by atoms with Crippen molar-refractivity contribution in [2.45, 2.75) is 13.8 Å². The van der Waals surface area contributed by atoms with E-state index in [1.165, 1.54) is 0 Å². The first-order chi connectivity index (χ1) is 8.97. The predicted octanol–water partition coefficient (Wildman–Crippen LogP) is 3.78. The van der Waals surface area contributed by atoms with Crippen LogP contribution >= 0.6 is 23.8 Å². The maximum atomic E-state index is 6.11. The molecule has 0 aliphatic rings. The van der Waals surface area contributed by atoms with Gasteiger partial charge in [0.05, 0.1) is 0 Å². The highest BCUT2D eigenvalue weighted by Crippen LogP contribution is 2.28. The molecular weight excluding hydrogens is 280 g/mol. The number of benzene rings is 1. The first kappa shape index (κ1) is 13.8. The first-order valence-electron chi connectivity index (χ1n) is 5.68. The normalized spacial score (nSPS) is 10.3. The number of hydrogen-bond acceptors (Lipinski definition) is 3. The summed E-state index contributed by atoms with van der Waals surface area (Å²) >= 11 is 11.0. The van der Waals surface area contributed by atoms with Crippen LogP contribution in [0.3, 0.4) is 0 Å². The zero-order chi connectivity index (χ0) is 14.0. The van der Waals surface area contributed by atoms with Gasteiger partial charge in [-0.1, -0.05) is 23.8 Å². The van der Waals surface area contributed by atoms with Gasteiger partial charge in [-0.2, -0.15) is 0 Å². The minimum absolute atomic E-state index is 0.317. The quantitative estimate of drug-likeness (QED) is 0.875. The molecule has 0 bridgehead atoms. The van der Waals surface area contributed by atoms with Crippen LogP contribution in [0.1, 0.15) is 16.7 Å². The molecule has 0 aliphatic heterocycles. The molecule has 3 nitrogen and oxygen atoms in total. The van der Waals surface area contributed by atoms with E-state index in [2.05, 4.69) is 4.98 Å². The van der Waals surface area contributed by atoms with Crippen molar-refractivity contribution in [2.24, 2.45) is 5.73 Å². The second kappa shape index (κ2) is 5.55. The van der Waals surface area contributed by atoms with Crippen LogP contribution in [0.5, 0.6) is 11.6 Å². The number of nitrogens with two attached hydrogens (primary N) is 1. The summed E-state index contributed by atoms with van der Waals surface area (Å²) in [7, 11) is 0. The monoisotopic (exact) mass is 292 g/mol. The van der Waals surface area contributed by atoms with E-state index >= 15 is 0 Å². The van der Waals surface area contributed by atoms with E-state index in [0.29, 0.717) is 22.2 Å². The highest BCUT2D eigenvalue weighted by Gasteiger charge is 2.05. The number of pyridine rings is 1. The van der Waals surface area contributed by atoms with Crippen LogP contribution in [0.15, 0.2) is 30.5 Å². The Balaban J connectivity index is 2.24. The molecule has 0 saturated heterocycles. The van der Waals surface area contributed by atoms with Crippen molar-refractivity contribution >= 4 is 28.8 Å². The van der Waals surface area contributed by atoms with Crippen LogP contribution in [-0.4, -0.2) is 9.97 Å². The minimum Gasteiger partial charge on any atom is -0.439 e. The molecule has 0 aliphatic carbocycles. The highest BCUT2D eigenvalue weighted by molar-refractivity contribution is 7.80. The van der Waals surface area contributed by atoms with Crippen LogP contribution < -0.4 is 10.5 Å². The van der Waals surface area contributed by atoms with Crippen molar-refractivity contribution in [1.82, 2.24) is 4.98 Å². The van der Waals surface area contributed by atoms with Crippen molar-refractivity contribution in [1.29, 1.82) is 0 Å². The summed E-state index contributed by atoms with van der Waals surface area (Å²) in [5, 5.41) is 0.754. The fourth-order valence-corrected chi connectivity index (χ4v) is 1.90. The smallest absolute Gasteiger partial charge is 0.219 e. The van der Waals surface area contributed by atoms with E-state index in [1.807, 2.05) is 26.0 Å². The molecule has 98 valence electrons. The van der Waals surface area contributed by atoms with E-state index in [4.69, 9.17) is 34.3 Å². The fourth-order valence-electron chi connectivity index (χ4n) is 1.67. The lowest BCUT2D eigenvalue weighted by Crippen LogP contribution is -2.09. The molecule has 0 amide bonds. The molecule has 0 spiro atoms. The molecule has 5 heteroatoms. The average molecular weight is 293 g/mol. The van der Waals surface area contributed by atoms with Crippen molar-refractivity contribution in [3.8, 4) is 11.6 Å². The van der Waals surface area contributed by atoms with E-state index < -0.39 is 0 Å². The Morgan fingerprint density at radius 2 is 1.89 bits per heavy atom. The van der Waals surface area contributed by atoms with Crippen molar-refractivity contribution < 1.29 is 4.74 Å². The van der Waals surface area contributed by atoms with Crippen molar-refractivity contribution in [3.63, 3.8) is 0 Å². The van der Waals surface area contributed by atoms with Gasteiger partial charge in [0.2, 0.25) is 5.88 Å². The van der Waals surface area contributed by atoms with Crippen LogP contribution in [-0.2, 0) is 0 Å². The summed E-state index contributed by atoms with van der Waals surface area (Å²) in [5.41, 5.74) is 8.16. The SMILES string of the molecule is Cc1cc(Oc2ccc(C(N)=S)cn2)cc(C)c1Cl. The lowest BCUT2D eigenvalue weighted by atomic mass is 10.1. The number of rotatable bonds is 3. The van der Waals surface area contributed by atoms with Crippen LogP contribution in [0, 0.1) is 13.8 Å². The molecule has 0 saturated carbocycles. The average Bonchev–Trinajstić information content (AvgIpc) is 2.36. The summed E-state index contributed by atoms with van der Waals surface area (Å²) in [6, 6.07) is 7.26. The molecule has 0 fully saturated rings. The van der Waals surface area contributed by atoms with Gasteiger partial charge < -0.3 is 10.5 Å². The Kier molecular flexibility index (Phi) is 4.02. The van der Waals surface area contributed by atoms with E-state index in [9.17, 15) is 0 Å². The maximum absolute atomic E-state index is 6.11. The predicted molar refractivity (Wildman–Crippen MR) is 81.1 cm³/mol. The Bertz CT molecular complexity index is 603. The number of aryl methyl sites for hydroxylation is 2. The summed E-state index contributed by atoms with van der Waals surface area (Å²) in [6.45, 7) is 3.87. The lowest BCUT2D eigenvalue weighted by molar-refractivity contribution is 0.462. The van der Waals surface area contributed by atoms with E-state index in [-0.39, 0.29) is 0 Å². The van der Waals surface area contributed by atoms with Crippen molar-refractivity contribution in [2.75, 3.05) is 0 Å². The zero-order valence-electron chi connectivity index (χ0n) is 10.6. The lowest BCUT2D eigenvalue weighted by Gasteiger charge is -2.09. The Labute approximate surface area is 122 Å². The summed E-state index contributed by atoms with van der Waals surface area (Å²) in [6.07, 6.45) is 1.59. The van der Waals surface area contributed by atoms with Crippen molar-refractivity contribution in [3.05, 3.63) is 52.2 Å². The number of nitrogens with zero attached hydrogens (tertiary/aromatic N) is 1. The largest absolute Gasteiger partial charge is 0.439 e. The van der Waals surface area contributed by atoms with Gasteiger partial charge in [-0.25, -0.2) is 4.98 Å². The van der Waals surface area contributed by atoms with Crippen LogP contribution in [0.4, 0.5) is 0 Å². The van der Waals surface area contributed by atoms with Gasteiger partial charge in [0, 0.05) is 22.8 Å². The Morgan fingerprint density at radius 1 is 1.26 bits per heavy atom. The molecular formula is C14H13ClN2OS. The van der Waals surface area contributed by atoms with Gasteiger partial charge in [0.15, 0.2) is 0 Å². The molecule has 0 unspecified atom stereocenters. The number of hydrogen-bond donors (Lipinski definition) is 1. The number of aromatic nitrogens is 1. The number of halogens is 1. The van der Waals surface area contributed by atoms with Gasteiger partial charge in [-0.05, 0) is 43.2 Å². The molecule has 2 aromatic rings. The summed E-state index contributed by atoms with van der Waals surface area (Å²) < 4.78 is 5.68. The molecule has 1 heterocycles. The zero-order valence-corrected chi connectivity index (χ0v) is 12.2. The van der Waals surface area contributed by atoms with Gasteiger partial charge >= 0.3 is 0 Å². The van der Waals surface area contributed by atoms with E-state index in [1.54, 1.807) is 18.3 Å². The Morgan fingerprint density at radius 3 is 2.37 bits per heavy atom. The highest BCUT2D eigenvalue weighted by atomic mass is 35.5. The molecule has 1 aromatic heterocycles. The molecule has 1 aromatic carbocycles. The van der Waals surface area contributed by atoms with Gasteiger partial charge in [-0.15, -0.1) is 0 Å². The molecule has 0 radical (unpaired) electrons. The summed E-state index contributed by atoms with van der Waals surface area (Å²) in [4.78, 5) is 4.47. The molecule has 0 atom stereocenters. The van der Waals surface area contributed by atoms with Crippen LogP contribution in [0.2, 0.25) is 5.02 Å². The van der Waals surface area contributed by atoms with Gasteiger partial charge in [0.1, 0.15) is 10.7 Å². The molecule has 2 rings (SSSR count). The second-order valence-electron chi connectivity index (χ2n) is 4.22. The molecule has 19 heavy (non-hydrogen) atoms. The number of ether oxygens (including phenoxy) is 1. The third kappa shape index (κ3) is 3.22. The van der Waals surface area contributed by atoms with Crippen LogP contribution in [0.25, 0.3) is 0 Å². The standard InChI is InChI=1S/C14H13ClN2OS/c1-8-5-11(6-9(2)13(8)15)18-12-4-3-10(7-17-12)14(16)19/h3-7H,1-2H3,(H2,16,19). The number of thiocarbonyl (C=S) groups is 1. The molecule has 2 N–H and O–H groups in total. The van der Waals surface area contributed by atoms with Gasteiger partial charge in [0.25, 0.3) is 0 Å². The van der Waals surface area contributed by atoms with E-state index in [0.717, 1.165) is 16.1 Å². The Hall–Kier alpha value is -1.65. The summed E-state index contributed by atoms with van der Waals surface area (Å²) in [5.74, 6) is 1.19. The second-order valence-corrected chi connectivity index (χ2v) is 5.04. The first-order valence-corrected chi connectivity index (χ1v) is 6.46. The maximum Gasteiger partial charge on any atom is 0.219 e.